The average Bonchev–Trinajstić information content (AvgIpc) is 2.30. The minimum atomic E-state index is 0.250. The summed E-state index contributed by atoms with van der Waals surface area (Å²) in [4.78, 5) is 6.35. The molecule has 1 N–H and O–H groups in total. The quantitative estimate of drug-likeness (QED) is 0.513. The van der Waals surface area contributed by atoms with Crippen LogP contribution in [0.3, 0.4) is 0 Å². The van der Waals surface area contributed by atoms with Crippen LogP contribution in [0, 0.1) is 0 Å². The van der Waals surface area contributed by atoms with Crippen molar-refractivity contribution >= 4 is 28.0 Å². The number of halogens is 1. The predicted molar refractivity (Wildman–Crippen MR) is 76.2 cm³/mol. The molecule has 0 unspecified atom stereocenters. The highest BCUT2D eigenvalue weighted by Gasteiger charge is 2.05. The zero-order valence-electron chi connectivity index (χ0n) is 10.2. The van der Waals surface area contributed by atoms with Gasteiger partial charge in [-0.3, -0.25) is 0 Å². The molecule has 0 spiro atoms. The van der Waals surface area contributed by atoms with Gasteiger partial charge in [0.2, 0.25) is 0 Å². The molecule has 1 aromatic carbocycles. The zero-order chi connectivity index (χ0) is 12.8. The molecule has 92 valence electrons. The highest BCUT2D eigenvalue weighted by atomic mass is 79.9. The highest BCUT2D eigenvalue weighted by molar-refractivity contribution is 9.10. The first kappa shape index (κ1) is 13.8. The zero-order valence-corrected chi connectivity index (χ0v) is 11.7. The molecule has 0 aliphatic heterocycles. The number of rotatable bonds is 5. The van der Waals surface area contributed by atoms with E-state index in [1.807, 2.05) is 31.0 Å². The maximum atomic E-state index is 9.59. The van der Waals surface area contributed by atoms with Gasteiger partial charge in [0.1, 0.15) is 5.75 Å². The van der Waals surface area contributed by atoms with E-state index in [1.165, 1.54) is 0 Å². The van der Waals surface area contributed by atoms with Crippen molar-refractivity contribution in [1.29, 1.82) is 0 Å². The van der Waals surface area contributed by atoms with Crippen LogP contribution >= 0.6 is 15.9 Å². The van der Waals surface area contributed by atoms with Crippen LogP contribution in [0.5, 0.6) is 5.75 Å². The molecule has 0 amide bonds. The van der Waals surface area contributed by atoms with Crippen molar-refractivity contribution in [3.05, 3.63) is 34.8 Å². The molecule has 0 saturated carbocycles. The third-order valence-electron chi connectivity index (χ3n) is 2.34. The van der Waals surface area contributed by atoms with Crippen LogP contribution in [-0.2, 0) is 6.42 Å². The number of benzene rings is 1. The van der Waals surface area contributed by atoms with Crippen molar-refractivity contribution in [2.24, 2.45) is 4.99 Å². The van der Waals surface area contributed by atoms with E-state index in [0.29, 0.717) is 4.47 Å². The molecule has 0 heterocycles. The lowest BCUT2D eigenvalue weighted by Crippen LogP contribution is -2.15. The van der Waals surface area contributed by atoms with Crippen molar-refractivity contribution < 1.29 is 5.11 Å². The van der Waals surface area contributed by atoms with Gasteiger partial charge in [-0.15, -0.1) is 6.58 Å². The summed E-state index contributed by atoms with van der Waals surface area (Å²) in [7, 11) is 1.94. The third kappa shape index (κ3) is 3.89. The summed E-state index contributed by atoms with van der Waals surface area (Å²) < 4.78 is 0.660. The smallest absolute Gasteiger partial charge is 0.130 e. The molecule has 3 nitrogen and oxygen atoms in total. The lowest BCUT2D eigenvalue weighted by atomic mass is 10.1. The van der Waals surface area contributed by atoms with Gasteiger partial charge < -0.3 is 10.0 Å². The van der Waals surface area contributed by atoms with E-state index in [2.05, 4.69) is 27.5 Å². The van der Waals surface area contributed by atoms with Crippen LogP contribution in [0.25, 0.3) is 0 Å². The first-order chi connectivity index (χ1) is 8.08. The highest BCUT2D eigenvalue weighted by Crippen LogP contribution is 2.32. The Kier molecular flexibility index (Phi) is 5.22. The molecule has 17 heavy (non-hydrogen) atoms. The molecule has 1 aromatic rings. The Morgan fingerprint density at radius 3 is 2.82 bits per heavy atom. The van der Waals surface area contributed by atoms with Crippen LogP contribution in [-0.4, -0.2) is 29.9 Å². The molecule has 0 saturated heterocycles. The first-order valence-corrected chi connectivity index (χ1v) is 6.24. The van der Waals surface area contributed by atoms with Gasteiger partial charge in [-0.1, -0.05) is 13.0 Å². The van der Waals surface area contributed by atoms with E-state index in [0.717, 1.165) is 24.2 Å². The fourth-order valence-electron chi connectivity index (χ4n) is 1.41. The second-order valence-electron chi connectivity index (χ2n) is 3.76. The monoisotopic (exact) mass is 296 g/mol. The Labute approximate surface area is 111 Å². The largest absolute Gasteiger partial charge is 0.507 e. The van der Waals surface area contributed by atoms with E-state index in [9.17, 15) is 5.11 Å². The third-order valence-corrected chi connectivity index (χ3v) is 2.98. The molecule has 0 bridgehead atoms. The minimum Gasteiger partial charge on any atom is -0.507 e. The molecule has 0 radical (unpaired) electrons. The Balaban J connectivity index is 2.97. The van der Waals surface area contributed by atoms with Gasteiger partial charge >= 0.3 is 0 Å². The summed E-state index contributed by atoms with van der Waals surface area (Å²) in [5, 5.41) is 9.59. The number of likely N-dealkylation sites (N-methyl/N-ethyl adjacent to an activating group) is 1. The lowest BCUT2D eigenvalue weighted by Gasteiger charge is -2.10. The van der Waals surface area contributed by atoms with Crippen molar-refractivity contribution in [3.63, 3.8) is 0 Å². The second kappa shape index (κ2) is 6.45. The van der Waals surface area contributed by atoms with Gasteiger partial charge in [0.15, 0.2) is 0 Å². The molecular weight excluding hydrogens is 280 g/mol. The Hall–Kier alpha value is -1.29. The maximum Gasteiger partial charge on any atom is 0.130 e. The van der Waals surface area contributed by atoms with Crippen LogP contribution in [0.15, 0.2) is 34.3 Å². The number of phenols is 1. The van der Waals surface area contributed by atoms with Crippen molar-refractivity contribution in [1.82, 2.24) is 4.90 Å². The predicted octanol–water partition coefficient (Wildman–Crippen LogP) is 3.49. The van der Waals surface area contributed by atoms with E-state index >= 15 is 0 Å². The van der Waals surface area contributed by atoms with E-state index in [1.54, 1.807) is 12.4 Å². The number of aryl methyl sites for hydroxylation is 1. The first-order valence-electron chi connectivity index (χ1n) is 5.45. The van der Waals surface area contributed by atoms with E-state index in [4.69, 9.17) is 0 Å². The van der Waals surface area contributed by atoms with Crippen LogP contribution in [0.1, 0.15) is 12.5 Å². The van der Waals surface area contributed by atoms with Gasteiger partial charge in [0.05, 0.1) is 16.5 Å². The molecule has 4 heteroatoms. The number of nitrogens with zero attached hydrogens (tertiary/aromatic N) is 2. The van der Waals surface area contributed by atoms with Gasteiger partial charge in [-0.25, -0.2) is 4.99 Å². The van der Waals surface area contributed by atoms with Gasteiger partial charge in [-0.05, 0) is 40.0 Å². The van der Waals surface area contributed by atoms with Crippen molar-refractivity contribution in [2.75, 3.05) is 13.6 Å². The van der Waals surface area contributed by atoms with Gasteiger partial charge in [-0.2, -0.15) is 0 Å². The molecule has 0 atom stereocenters. The maximum absolute atomic E-state index is 9.59. The molecule has 0 fully saturated rings. The summed E-state index contributed by atoms with van der Waals surface area (Å²) in [5.41, 5.74) is 1.89. The van der Waals surface area contributed by atoms with Crippen molar-refractivity contribution in [3.8, 4) is 5.75 Å². The van der Waals surface area contributed by atoms with Crippen molar-refractivity contribution in [2.45, 2.75) is 13.3 Å². The van der Waals surface area contributed by atoms with Gasteiger partial charge in [0.25, 0.3) is 0 Å². The Bertz CT molecular complexity index is 430. The molecule has 0 aromatic heterocycles. The summed E-state index contributed by atoms with van der Waals surface area (Å²) in [6.45, 7) is 6.46. The number of aliphatic imine (C=N–C) groups is 1. The summed E-state index contributed by atoms with van der Waals surface area (Å²) in [6.07, 6.45) is 4.41. The second-order valence-corrected chi connectivity index (χ2v) is 4.61. The number of hydrogen-bond acceptors (Lipinski definition) is 2. The summed E-state index contributed by atoms with van der Waals surface area (Å²) in [6, 6.07) is 3.57. The van der Waals surface area contributed by atoms with E-state index < -0.39 is 0 Å². The van der Waals surface area contributed by atoms with Gasteiger partial charge in [0, 0.05) is 13.6 Å². The topological polar surface area (TPSA) is 35.8 Å². The van der Waals surface area contributed by atoms with E-state index in [-0.39, 0.29) is 5.75 Å². The fraction of sp³-hybridized carbons (Fsp3) is 0.308. The summed E-state index contributed by atoms with van der Waals surface area (Å²) >= 11 is 3.29. The molecule has 0 aliphatic rings. The number of phenolic OH excluding ortho intramolecular Hbond substituents is 1. The number of aromatic hydroxyl groups is 1. The standard InChI is InChI=1S/C13H17BrN2O/c1-4-6-16(3)9-15-12-8-11(14)13(17)7-10(12)5-2/h4,7-9,17H,1,5-6H2,2-3H3. The lowest BCUT2D eigenvalue weighted by molar-refractivity contribution is 0.471. The number of hydrogen-bond donors (Lipinski definition) is 1. The minimum absolute atomic E-state index is 0.250. The fourth-order valence-corrected chi connectivity index (χ4v) is 1.74. The van der Waals surface area contributed by atoms with Crippen LogP contribution in [0.2, 0.25) is 0 Å². The van der Waals surface area contributed by atoms with Crippen LogP contribution in [0.4, 0.5) is 5.69 Å². The SMILES string of the molecule is C=CCN(C)C=Nc1cc(Br)c(O)cc1CC. The normalized spacial score (nSPS) is 10.8. The average molecular weight is 297 g/mol. The molecule has 0 aliphatic carbocycles. The Morgan fingerprint density at radius 1 is 1.53 bits per heavy atom. The Morgan fingerprint density at radius 2 is 2.24 bits per heavy atom. The molecule has 1 rings (SSSR count). The molecular formula is C13H17BrN2O. The summed E-state index contributed by atoms with van der Waals surface area (Å²) in [5.74, 6) is 0.250. The van der Waals surface area contributed by atoms with Crippen LogP contribution < -0.4 is 0 Å².